The van der Waals surface area contributed by atoms with Crippen LogP contribution in [-0.2, 0) is 6.61 Å². The third-order valence-corrected chi connectivity index (χ3v) is 3.03. The van der Waals surface area contributed by atoms with Gasteiger partial charge in [0.25, 0.3) is 0 Å². The van der Waals surface area contributed by atoms with Crippen LogP contribution in [0.25, 0.3) is 0 Å². The van der Waals surface area contributed by atoms with Crippen molar-refractivity contribution in [2.45, 2.75) is 6.61 Å². The molecule has 0 saturated carbocycles. The molecule has 23 heavy (non-hydrogen) atoms. The molecule has 0 amide bonds. The van der Waals surface area contributed by atoms with Gasteiger partial charge in [-0.2, -0.15) is 5.10 Å². The number of methoxy groups -OCH3 is 1. The van der Waals surface area contributed by atoms with Crippen molar-refractivity contribution in [3.8, 4) is 11.5 Å². The summed E-state index contributed by atoms with van der Waals surface area (Å²) in [5, 5.41) is 3.95. The highest BCUT2D eigenvalue weighted by molar-refractivity contribution is 7.80. The summed E-state index contributed by atoms with van der Waals surface area (Å²) in [6.07, 6.45) is 1.50. The van der Waals surface area contributed by atoms with Crippen molar-refractivity contribution in [2.75, 3.05) is 7.11 Å². The maximum atomic E-state index is 13.7. The minimum absolute atomic E-state index is 0.0537. The molecule has 0 fully saturated rings. The molecule has 0 bridgehead atoms. The second kappa shape index (κ2) is 8.09. The average molecular weight is 333 g/mol. The lowest BCUT2D eigenvalue weighted by molar-refractivity contribution is 0.279. The number of halogens is 1. The minimum Gasteiger partial charge on any atom is -0.493 e. The van der Waals surface area contributed by atoms with Gasteiger partial charge in [0.05, 0.1) is 13.3 Å². The highest BCUT2D eigenvalue weighted by Crippen LogP contribution is 2.31. The summed E-state index contributed by atoms with van der Waals surface area (Å²) in [7, 11) is 1.53. The molecule has 0 aromatic heterocycles. The van der Waals surface area contributed by atoms with Gasteiger partial charge in [0.1, 0.15) is 12.4 Å². The van der Waals surface area contributed by atoms with Crippen molar-refractivity contribution in [2.24, 2.45) is 10.8 Å². The van der Waals surface area contributed by atoms with E-state index in [4.69, 9.17) is 15.2 Å². The van der Waals surface area contributed by atoms with E-state index in [1.165, 1.54) is 19.4 Å². The lowest BCUT2D eigenvalue weighted by Gasteiger charge is -2.13. The highest BCUT2D eigenvalue weighted by Gasteiger charge is 2.11. The van der Waals surface area contributed by atoms with Crippen molar-refractivity contribution in [3.63, 3.8) is 0 Å². The Balaban J connectivity index is 2.23. The van der Waals surface area contributed by atoms with Crippen LogP contribution in [0.3, 0.4) is 0 Å². The Bertz CT molecular complexity index is 722. The molecule has 0 unspecified atom stereocenters. The Labute approximate surface area is 138 Å². The van der Waals surface area contributed by atoms with E-state index in [2.05, 4.69) is 22.7 Å². The van der Waals surface area contributed by atoms with Crippen LogP contribution in [0.1, 0.15) is 11.1 Å². The normalized spacial score (nSPS) is 10.5. The molecule has 0 spiro atoms. The molecule has 7 heteroatoms. The van der Waals surface area contributed by atoms with E-state index in [0.29, 0.717) is 22.6 Å². The van der Waals surface area contributed by atoms with Crippen molar-refractivity contribution in [3.05, 3.63) is 59.4 Å². The van der Waals surface area contributed by atoms with Crippen LogP contribution in [0.2, 0.25) is 0 Å². The molecule has 0 heterocycles. The number of hydrogen-bond donors (Lipinski definition) is 2. The summed E-state index contributed by atoms with van der Waals surface area (Å²) in [6.45, 7) is 0.0661. The number of nitrogens with two attached hydrogens (primary N) is 1. The van der Waals surface area contributed by atoms with Crippen LogP contribution in [0.5, 0.6) is 11.5 Å². The predicted molar refractivity (Wildman–Crippen MR) is 91.2 cm³/mol. The van der Waals surface area contributed by atoms with Gasteiger partial charge in [0.2, 0.25) is 0 Å². The number of rotatable bonds is 6. The zero-order valence-corrected chi connectivity index (χ0v) is 13.3. The Morgan fingerprint density at radius 2 is 2.09 bits per heavy atom. The predicted octanol–water partition coefficient (Wildman–Crippen LogP) is 2.58. The van der Waals surface area contributed by atoms with Crippen molar-refractivity contribution >= 4 is 23.5 Å². The van der Waals surface area contributed by atoms with Gasteiger partial charge < -0.3 is 15.2 Å². The Kier molecular flexibility index (Phi) is 5.87. The van der Waals surface area contributed by atoms with Crippen LogP contribution in [0, 0.1) is 5.82 Å². The van der Waals surface area contributed by atoms with E-state index < -0.39 is 0 Å². The van der Waals surface area contributed by atoms with Crippen LogP contribution in [0.15, 0.2) is 47.6 Å². The molecule has 2 aromatic rings. The monoisotopic (exact) mass is 333 g/mol. The van der Waals surface area contributed by atoms with E-state index in [1.807, 2.05) is 0 Å². The summed E-state index contributed by atoms with van der Waals surface area (Å²) in [6, 6.07) is 11.7. The highest BCUT2D eigenvalue weighted by atomic mass is 32.1. The second-order valence-corrected chi connectivity index (χ2v) is 4.93. The van der Waals surface area contributed by atoms with Gasteiger partial charge >= 0.3 is 0 Å². The third-order valence-electron chi connectivity index (χ3n) is 2.94. The van der Waals surface area contributed by atoms with Gasteiger partial charge in [-0.25, -0.2) is 4.39 Å². The molecule has 120 valence electrons. The first-order valence-corrected chi connectivity index (χ1v) is 7.14. The first-order valence-electron chi connectivity index (χ1n) is 6.73. The number of benzene rings is 2. The molecule has 5 nitrogen and oxygen atoms in total. The standard InChI is InChI=1S/C16H16FN3O2S/c1-21-14-8-4-6-11(9-19-20-16(18)23)15(14)22-10-12-5-2-3-7-13(12)17/h2-9H,10H2,1H3,(H3,18,20,23)/b19-9+. The first-order chi connectivity index (χ1) is 11.1. The summed E-state index contributed by atoms with van der Waals surface area (Å²) < 4.78 is 24.7. The second-order valence-electron chi connectivity index (χ2n) is 4.49. The van der Waals surface area contributed by atoms with Gasteiger partial charge in [-0.15, -0.1) is 0 Å². The lowest BCUT2D eigenvalue weighted by atomic mass is 10.2. The lowest BCUT2D eigenvalue weighted by Crippen LogP contribution is -2.24. The fourth-order valence-electron chi connectivity index (χ4n) is 1.88. The molecular weight excluding hydrogens is 317 g/mol. The fraction of sp³-hybridized carbons (Fsp3) is 0.125. The number of para-hydroxylation sites is 1. The van der Waals surface area contributed by atoms with Crippen LogP contribution in [0.4, 0.5) is 4.39 Å². The van der Waals surface area contributed by atoms with Crippen LogP contribution in [-0.4, -0.2) is 18.4 Å². The number of nitrogens with one attached hydrogen (secondary N) is 1. The molecule has 3 N–H and O–H groups in total. The Morgan fingerprint density at radius 1 is 1.30 bits per heavy atom. The molecule has 0 atom stereocenters. The van der Waals surface area contributed by atoms with Gasteiger partial charge in [0.15, 0.2) is 16.6 Å². The first kappa shape index (κ1) is 16.7. The largest absolute Gasteiger partial charge is 0.493 e. The molecule has 2 aromatic carbocycles. The third kappa shape index (κ3) is 4.65. The molecule has 0 saturated heterocycles. The summed E-state index contributed by atoms with van der Waals surface area (Å²) >= 11 is 4.68. The van der Waals surface area contributed by atoms with Gasteiger partial charge in [0, 0.05) is 11.1 Å². The van der Waals surface area contributed by atoms with E-state index in [0.717, 1.165) is 0 Å². The average Bonchev–Trinajstić information content (AvgIpc) is 2.54. The zero-order valence-electron chi connectivity index (χ0n) is 12.5. The van der Waals surface area contributed by atoms with E-state index in [-0.39, 0.29) is 17.5 Å². The molecule has 2 rings (SSSR count). The van der Waals surface area contributed by atoms with Crippen LogP contribution >= 0.6 is 12.2 Å². The fourth-order valence-corrected chi connectivity index (χ4v) is 1.93. The summed E-state index contributed by atoms with van der Waals surface area (Å²) in [5.41, 5.74) is 8.86. The smallest absolute Gasteiger partial charge is 0.184 e. The van der Waals surface area contributed by atoms with Gasteiger partial charge in [-0.1, -0.05) is 24.3 Å². The SMILES string of the molecule is COc1cccc(/C=N/NC(N)=S)c1OCc1ccccc1F. The van der Waals surface area contributed by atoms with E-state index >= 15 is 0 Å². The molecule has 0 aliphatic heterocycles. The zero-order chi connectivity index (χ0) is 16.7. The Morgan fingerprint density at radius 3 is 2.78 bits per heavy atom. The number of hydrogen-bond acceptors (Lipinski definition) is 4. The number of hydrazone groups is 1. The Hall–Kier alpha value is -2.67. The van der Waals surface area contributed by atoms with E-state index in [1.54, 1.807) is 36.4 Å². The summed E-state index contributed by atoms with van der Waals surface area (Å²) in [4.78, 5) is 0. The van der Waals surface area contributed by atoms with Crippen LogP contribution < -0.4 is 20.6 Å². The molecule has 0 aliphatic rings. The van der Waals surface area contributed by atoms with Gasteiger partial charge in [-0.3, -0.25) is 5.43 Å². The quantitative estimate of drug-likeness (QED) is 0.483. The number of nitrogens with zero attached hydrogens (tertiary/aromatic N) is 1. The molecule has 0 aliphatic carbocycles. The van der Waals surface area contributed by atoms with Crippen molar-refractivity contribution in [1.29, 1.82) is 0 Å². The van der Waals surface area contributed by atoms with Crippen molar-refractivity contribution < 1.29 is 13.9 Å². The topological polar surface area (TPSA) is 68.9 Å². The number of thiocarbonyl (C=S) groups is 1. The van der Waals surface area contributed by atoms with Gasteiger partial charge in [-0.05, 0) is 30.4 Å². The molecule has 0 radical (unpaired) electrons. The maximum Gasteiger partial charge on any atom is 0.184 e. The maximum absolute atomic E-state index is 13.7. The minimum atomic E-state index is -0.326. The van der Waals surface area contributed by atoms with Crippen molar-refractivity contribution in [1.82, 2.24) is 5.43 Å². The van der Waals surface area contributed by atoms with E-state index in [9.17, 15) is 4.39 Å². The number of ether oxygens (including phenoxy) is 2. The summed E-state index contributed by atoms with van der Waals surface area (Å²) in [5.74, 6) is 0.639. The molecular formula is C16H16FN3O2S.